The van der Waals surface area contributed by atoms with Crippen LogP contribution in [0.2, 0.25) is 0 Å². The maximum atomic E-state index is 11.6. The molecule has 0 radical (unpaired) electrons. The molecular formula is C15H32N2O. The van der Waals surface area contributed by atoms with Gasteiger partial charge in [0.1, 0.15) is 0 Å². The highest BCUT2D eigenvalue weighted by atomic mass is 16.2. The van der Waals surface area contributed by atoms with Gasteiger partial charge in [0.15, 0.2) is 0 Å². The summed E-state index contributed by atoms with van der Waals surface area (Å²) in [6.07, 6.45) is 7.42. The van der Waals surface area contributed by atoms with E-state index < -0.39 is 0 Å². The lowest BCUT2D eigenvalue weighted by atomic mass is 10.0. The van der Waals surface area contributed by atoms with Crippen LogP contribution in [-0.2, 0) is 4.79 Å². The number of unbranched alkanes of at least 4 members (excludes halogenated alkanes) is 3. The summed E-state index contributed by atoms with van der Waals surface area (Å²) in [7, 11) is 0. The van der Waals surface area contributed by atoms with E-state index in [1.165, 1.54) is 32.1 Å². The van der Waals surface area contributed by atoms with Crippen LogP contribution in [0.4, 0.5) is 0 Å². The average molecular weight is 256 g/mol. The van der Waals surface area contributed by atoms with Crippen LogP contribution in [0, 0.1) is 5.92 Å². The van der Waals surface area contributed by atoms with Gasteiger partial charge in [-0.1, -0.05) is 46.5 Å². The number of hydrogen-bond donors (Lipinski definition) is 2. The second kappa shape index (κ2) is 11.5. The van der Waals surface area contributed by atoms with E-state index in [4.69, 9.17) is 0 Å². The first kappa shape index (κ1) is 17.4. The van der Waals surface area contributed by atoms with Crippen LogP contribution < -0.4 is 10.6 Å². The Bertz CT molecular complexity index is 205. The summed E-state index contributed by atoms with van der Waals surface area (Å²) in [5.41, 5.74) is 0. The highest BCUT2D eigenvalue weighted by molar-refractivity contribution is 5.81. The summed E-state index contributed by atoms with van der Waals surface area (Å²) >= 11 is 0. The van der Waals surface area contributed by atoms with E-state index in [0.717, 1.165) is 25.4 Å². The fraction of sp³-hybridized carbons (Fsp3) is 0.933. The molecule has 0 aromatic heterocycles. The van der Waals surface area contributed by atoms with Crippen molar-refractivity contribution in [2.24, 2.45) is 5.92 Å². The number of amides is 1. The lowest BCUT2D eigenvalue weighted by Crippen LogP contribution is -2.42. The highest BCUT2D eigenvalue weighted by Gasteiger charge is 2.09. The SMILES string of the molecule is CCCNC(=O)C(C)NCCCCCCC(C)C. The number of carbonyl (C=O) groups is 1. The Morgan fingerprint density at radius 1 is 1.00 bits per heavy atom. The van der Waals surface area contributed by atoms with Gasteiger partial charge in [0.2, 0.25) is 5.91 Å². The van der Waals surface area contributed by atoms with Crippen molar-refractivity contribution >= 4 is 5.91 Å². The molecule has 0 aliphatic rings. The molecule has 0 spiro atoms. The zero-order valence-electron chi connectivity index (χ0n) is 12.7. The van der Waals surface area contributed by atoms with Crippen molar-refractivity contribution in [3.8, 4) is 0 Å². The van der Waals surface area contributed by atoms with Crippen LogP contribution in [0.5, 0.6) is 0 Å². The minimum Gasteiger partial charge on any atom is -0.355 e. The summed E-state index contributed by atoms with van der Waals surface area (Å²) < 4.78 is 0. The molecule has 3 heteroatoms. The number of carbonyl (C=O) groups excluding carboxylic acids is 1. The molecule has 0 aliphatic carbocycles. The van der Waals surface area contributed by atoms with Crippen molar-refractivity contribution in [3.63, 3.8) is 0 Å². The summed E-state index contributed by atoms with van der Waals surface area (Å²) in [4.78, 5) is 11.6. The lowest BCUT2D eigenvalue weighted by molar-refractivity contribution is -0.122. The third-order valence-corrected chi connectivity index (χ3v) is 3.10. The molecule has 18 heavy (non-hydrogen) atoms. The van der Waals surface area contributed by atoms with E-state index >= 15 is 0 Å². The third-order valence-electron chi connectivity index (χ3n) is 3.10. The fourth-order valence-electron chi connectivity index (χ4n) is 1.84. The summed E-state index contributed by atoms with van der Waals surface area (Å²) in [5.74, 6) is 0.946. The zero-order chi connectivity index (χ0) is 13.8. The van der Waals surface area contributed by atoms with Crippen molar-refractivity contribution in [3.05, 3.63) is 0 Å². The maximum absolute atomic E-state index is 11.6. The Kier molecular flexibility index (Phi) is 11.2. The van der Waals surface area contributed by atoms with Crippen LogP contribution in [-0.4, -0.2) is 25.0 Å². The van der Waals surface area contributed by atoms with E-state index in [-0.39, 0.29) is 11.9 Å². The topological polar surface area (TPSA) is 41.1 Å². The maximum Gasteiger partial charge on any atom is 0.236 e. The third kappa shape index (κ3) is 10.6. The van der Waals surface area contributed by atoms with Crippen molar-refractivity contribution in [2.45, 2.75) is 72.3 Å². The van der Waals surface area contributed by atoms with Crippen molar-refractivity contribution in [1.29, 1.82) is 0 Å². The summed E-state index contributed by atoms with van der Waals surface area (Å²) in [5, 5.41) is 6.18. The predicted octanol–water partition coefficient (Wildman–Crippen LogP) is 3.10. The van der Waals surface area contributed by atoms with Gasteiger partial charge in [-0.25, -0.2) is 0 Å². The standard InChI is InChI=1S/C15H32N2O/c1-5-11-17-15(18)14(4)16-12-9-7-6-8-10-13(2)3/h13-14,16H,5-12H2,1-4H3,(H,17,18). The van der Waals surface area contributed by atoms with Crippen molar-refractivity contribution in [2.75, 3.05) is 13.1 Å². The van der Waals surface area contributed by atoms with Crippen LogP contribution >= 0.6 is 0 Å². The molecule has 0 aromatic rings. The van der Waals surface area contributed by atoms with Crippen LogP contribution in [0.1, 0.15) is 66.2 Å². The van der Waals surface area contributed by atoms with Gasteiger partial charge in [-0.2, -0.15) is 0 Å². The average Bonchev–Trinajstić information content (AvgIpc) is 2.34. The van der Waals surface area contributed by atoms with Crippen LogP contribution in [0.15, 0.2) is 0 Å². The predicted molar refractivity (Wildman–Crippen MR) is 78.7 cm³/mol. The Morgan fingerprint density at radius 2 is 1.67 bits per heavy atom. The highest BCUT2D eigenvalue weighted by Crippen LogP contribution is 2.08. The fourth-order valence-corrected chi connectivity index (χ4v) is 1.84. The normalized spacial score (nSPS) is 12.7. The van der Waals surface area contributed by atoms with Gasteiger partial charge < -0.3 is 10.6 Å². The molecule has 3 nitrogen and oxygen atoms in total. The molecule has 0 saturated heterocycles. The Morgan fingerprint density at radius 3 is 2.28 bits per heavy atom. The van der Waals surface area contributed by atoms with Gasteiger partial charge in [-0.3, -0.25) is 4.79 Å². The molecule has 0 rings (SSSR count). The monoisotopic (exact) mass is 256 g/mol. The van der Waals surface area contributed by atoms with E-state index in [9.17, 15) is 4.79 Å². The number of nitrogens with one attached hydrogen (secondary N) is 2. The van der Waals surface area contributed by atoms with E-state index in [2.05, 4.69) is 31.4 Å². The minimum atomic E-state index is -0.0628. The van der Waals surface area contributed by atoms with Crippen LogP contribution in [0.3, 0.4) is 0 Å². The summed E-state index contributed by atoms with van der Waals surface area (Å²) in [6.45, 7) is 10.3. The largest absolute Gasteiger partial charge is 0.355 e. The van der Waals surface area contributed by atoms with Gasteiger partial charge in [0, 0.05) is 6.54 Å². The first-order valence-electron chi connectivity index (χ1n) is 7.59. The van der Waals surface area contributed by atoms with Gasteiger partial charge >= 0.3 is 0 Å². The quantitative estimate of drug-likeness (QED) is 0.558. The molecule has 0 saturated carbocycles. The smallest absolute Gasteiger partial charge is 0.236 e. The summed E-state index contributed by atoms with van der Waals surface area (Å²) in [6, 6.07) is -0.0628. The molecule has 0 fully saturated rings. The molecule has 108 valence electrons. The van der Waals surface area contributed by atoms with Gasteiger partial charge in [0.05, 0.1) is 6.04 Å². The van der Waals surface area contributed by atoms with E-state index in [0.29, 0.717) is 0 Å². The van der Waals surface area contributed by atoms with E-state index in [1.54, 1.807) is 0 Å². The Hall–Kier alpha value is -0.570. The first-order chi connectivity index (χ1) is 8.57. The molecule has 0 aliphatic heterocycles. The molecule has 0 aromatic carbocycles. The molecule has 1 atom stereocenters. The zero-order valence-corrected chi connectivity index (χ0v) is 12.7. The van der Waals surface area contributed by atoms with Gasteiger partial charge in [-0.15, -0.1) is 0 Å². The van der Waals surface area contributed by atoms with Crippen LogP contribution in [0.25, 0.3) is 0 Å². The van der Waals surface area contributed by atoms with Gasteiger partial charge in [0.25, 0.3) is 0 Å². The minimum absolute atomic E-state index is 0.0628. The second-order valence-corrected chi connectivity index (χ2v) is 5.56. The number of hydrogen-bond acceptors (Lipinski definition) is 2. The van der Waals surface area contributed by atoms with E-state index in [1.807, 2.05) is 6.92 Å². The first-order valence-corrected chi connectivity index (χ1v) is 7.59. The molecule has 1 amide bonds. The molecule has 2 N–H and O–H groups in total. The molecule has 0 heterocycles. The van der Waals surface area contributed by atoms with Crippen molar-refractivity contribution in [1.82, 2.24) is 10.6 Å². The second-order valence-electron chi connectivity index (χ2n) is 5.56. The lowest BCUT2D eigenvalue weighted by Gasteiger charge is -2.13. The van der Waals surface area contributed by atoms with Gasteiger partial charge in [-0.05, 0) is 32.2 Å². The molecule has 0 bridgehead atoms. The van der Waals surface area contributed by atoms with Crippen molar-refractivity contribution < 1.29 is 4.79 Å². The Balaban J connectivity index is 3.34. The molecule has 1 unspecified atom stereocenters. The number of rotatable bonds is 11. The molecular weight excluding hydrogens is 224 g/mol. The Labute approximate surface area is 113 Å².